The molecule has 12 heteroatoms. The highest BCUT2D eigenvalue weighted by Gasteiger charge is 2.26. The topological polar surface area (TPSA) is 102 Å². The van der Waals surface area contributed by atoms with Crippen LogP contribution in [0.5, 0.6) is 5.75 Å². The molecule has 1 aliphatic carbocycles. The second kappa shape index (κ2) is 10.9. The number of aryl methyl sites for hydroxylation is 1. The molecule has 1 saturated heterocycles. The Morgan fingerprint density at radius 2 is 1.90 bits per heavy atom. The number of amides is 1. The Hall–Kier alpha value is -4.03. The zero-order valence-corrected chi connectivity index (χ0v) is 22.9. The van der Waals surface area contributed by atoms with Crippen molar-refractivity contribution in [2.24, 2.45) is 0 Å². The maximum absolute atomic E-state index is 14.7. The summed E-state index contributed by atoms with van der Waals surface area (Å²) in [5, 5.41) is 11.6. The normalized spacial score (nSPS) is 16.1. The van der Waals surface area contributed by atoms with Crippen molar-refractivity contribution in [1.82, 2.24) is 34.6 Å². The standard InChI is InChI=1S/C28H33FN8O3/c1-18-12-21(29)20(28(38)31-19-4-5-19)13-23(18)37-16-22(32-33-37)24-15-30-27-14-26(40-3)25(17-36(24)27)35-8-6-34(7-9-35)10-11-39-2/h12-17,19H,4-11H2,1-3H3,(H,31,38). The summed E-state index contributed by atoms with van der Waals surface area (Å²) < 4.78 is 29.2. The zero-order valence-electron chi connectivity index (χ0n) is 22.9. The molecule has 0 spiro atoms. The van der Waals surface area contributed by atoms with Crippen LogP contribution in [-0.2, 0) is 4.74 Å². The molecule has 6 rings (SSSR count). The van der Waals surface area contributed by atoms with E-state index in [-0.39, 0.29) is 11.6 Å². The molecule has 1 saturated carbocycles. The van der Waals surface area contributed by atoms with Gasteiger partial charge in [-0.3, -0.25) is 14.1 Å². The number of hydrogen-bond donors (Lipinski definition) is 1. The number of ether oxygens (including phenoxy) is 2. The predicted octanol–water partition coefficient (Wildman–Crippen LogP) is 2.70. The Morgan fingerprint density at radius 1 is 1.10 bits per heavy atom. The van der Waals surface area contributed by atoms with Gasteiger partial charge < -0.3 is 19.7 Å². The molecule has 1 aliphatic heterocycles. The van der Waals surface area contributed by atoms with Gasteiger partial charge in [0.2, 0.25) is 0 Å². The van der Waals surface area contributed by atoms with Gasteiger partial charge in [-0.25, -0.2) is 14.1 Å². The lowest BCUT2D eigenvalue weighted by Gasteiger charge is -2.36. The highest BCUT2D eigenvalue weighted by Crippen LogP contribution is 2.33. The Morgan fingerprint density at radius 3 is 2.62 bits per heavy atom. The van der Waals surface area contributed by atoms with Crippen molar-refractivity contribution in [1.29, 1.82) is 0 Å². The average molecular weight is 549 g/mol. The summed E-state index contributed by atoms with van der Waals surface area (Å²) in [5.74, 6) is -0.204. The quantitative estimate of drug-likeness (QED) is 0.341. The number of rotatable bonds is 9. The van der Waals surface area contributed by atoms with Crippen LogP contribution in [-0.4, -0.2) is 94.8 Å². The second-order valence-electron chi connectivity index (χ2n) is 10.3. The van der Waals surface area contributed by atoms with Crippen LogP contribution in [0.3, 0.4) is 0 Å². The Bertz CT molecular complexity index is 1540. The van der Waals surface area contributed by atoms with Crippen LogP contribution >= 0.6 is 0 Å². The minimum Gasteiger partial charge on any atom is -0.494 e. The Balaban J connectivity index is 1.30. The van der Waals surface area contributed by atoms with Gasteiger partial charge in [-0.15, -0.1) is 5.10 Å². The zero-order chi connectivity index (χ0) is 27.8. The largest absolute Gasteiger partial charge is 0.494 e. The van der Waals surface area contributed by atoms with Gasteiger partial charge in [0.15, 0.2) is 0 Å². The van der Waals surface area contributed by atoms with E-state index in [2.05, 4.69) is 30.4 Å². The van der Waals surface area contributed by atoms with E-state index in [0.29, 0.717) is 16.9 Å². The fourth-order valence-corrected chi connectivity index (χ4v) is 5.09. The van der Waals surface area contributed by atoms with Gasteiger partial charge in [0.25, 0.3) is 5.91 Å². The third-order valence-corrected chi connectivity index (χ3v) is 7.58. The molecule has 4 aromatic rings. The minimum atomic E-state index is -0.553. The number of nitrogens with zero attached hydrogens (tertiary/aromatic N) is 7. The summed E-state index contributed by atoms with van der Waals surface area (Å²) in [4.78, 5) is 21.9. The molecular weight excluding hydrogens is 515 g/mol. The van der Waals surface area contributed by atoms with Crippen LogP contribution in [0.15, 0.2) is 36.8 Å². The molecular formula is C28H33FN8O3. The number of imidazole rings is 1. The van der Waals surface area contributed by atoms with E-state index < -0.39 is 11.7 Å². The molecule has 1 aromatic carbocycles. The highest BCUT2D eigenvalue weighted by atomic mass is 19.1. The molecule has 11 nitrogen and oxygen atoms in total. The lowest BCUT2D eigenvalue weighted by molar-refractivity contribution is 0.0947. The summed E-state index contributed by atoms with van der Waals surface area (Å²) >= 11 is 0. The molecule has 1 N–H and O–H groups in total. The van der Waals surface area contributed by atoms with Crippen molar-refractivity contribution in [3.8, 4) is 22.8 Å². The number of carbonyl (C=O) groups excluding carboxylic acids is 1. The Kier molecular flexibility index (Phi) is 7.11. The van der Waals surface area contributed by atoms with Gasteiger partial charge in [0, 0.05) is 58.1 Å². The van der Waals surface area contributed by atoms with E-state index in [1.807, 2.05) is 16.7 Å². The molecule has 0 unspecified atom stereocenters. The smallest absolute Gasteiger partial charge is 0.254 e. The van der Waals surface area contributed by atoms with Crippen LogP contribution in [0, 0.1) is 12.7 Å². The summed E-state index contributed by atoms with van der Waals surface area (Å²) in [7, 11) is 3.40. The van der Waals surface area contributed by atoms with Crippen LogP contribution in [0.2, 0.25) is 0 Å². The molecule has 0 radical (unpaired) electrons. The molecule has 1 amide bonds. The third-order valence-electron chi connectivity index (χ3n) is 7.58. The summed E-state index contributed by atoms with van der Waals surface area (Å²) in [6.07, 6.45) is 7.40. The van der Waals surface area contributed by atoms with E-state index in [1.54, 1.807) is 38.2 Å². The maximum Gasteiger partial charge on any atom is 0.254 e. The first-order valence-corrected chi connectivity index (χ1v) is 13.5. The van der Waals surface area contributed by atoms with Gasteiger partial charge in [-0.1, -0.05) is 5.21 Å². The first kappa shape index (κ1) is 26.2. The summed E-state index contributed by atoms with van der Waals surface area (Å²) in [6.45, 7) is 7.03. The van der Waals surface area contributed by atoms with Crippen LogP contribution in [0.25, 0.3) is 22.7 Å². The monoisotopic (exact) mass is 548 g/mol. The number of aromatic nitrogens is 5. The molecule has 2 aliphatic rings. The van der Waals surface area contributed by atoms with Crippen molar-refractivity contribution in [3.05, 3.63) is 53.7 Å². The van der Waals surface area contributed by atoms with Crippen molar-refractivity contribution < 1.29 is 18.7 Å². The summed E-state index contributed by atoms with van der Waals surface area (Å²) in [6, 6.07) is 4.95. The first-order valence-electron chi connectivity index (χ1n) is 13.5. The minimum absolute atomic E-state index is 0.00148. The number of pyridine rings is 1. The highest BCUT2D eigenvalue weighted by molar-refractivity contribution is 5.95. The predicted molar refractivity (Wildman–Crippen MR) is 148 cm³/mol. The third kappa shape index (κ3) is 5.11. The number of anilines is 1. The van der Waals surface area contributed by atoms with Gasteiger partial charge >= 0.3 is 0 Å². The molecule has 2 fully saturated rings. The number of benzene rings is 1. The summed E-state index contributed by atoms with van der Waals surface area (Å²) in [5.41, 5.74) is 4.29. The van der Waals surface area contributed by atoms with Gasteiger partial charge in [-0.05, 0) is 37.5 Å². The molecule has 210 valence electrons. The van der Waals surface area contributed by atoms with Gasteiger partial charge in [0.1, 0.15) is 22.9 Å². The maximum atomic E-state index is 14.7. The van der Waals surface area contributed by atoms with Crippen molar-refractivity contribution in [2.75, 3.05) is 58.5 Å². The fraction of sp³-hybridized carbons (Fsp3) is 0.429. The lowest BCUT2D eigenvalue weighted by Crippen LogP contribution is -2.47. The molecule has 4 heterocycles. The number of piperazine rings is 1. The van der Waals surface area contributed by atoms with Crippen molar-refractivity contribution in [3.63, 3.8) is 0 Å². The number of halogens is 1. The molecule has 0 bridgehead atoms. The van der Waals surface area contributed by atoms with E-state index in [1.165, 1.54) is 12.1 Å². The number of nitrogens with one attached hydrogen (secondary N) is 1. The molecule has 40 heavy (non-hydrogen) atoms. The Labute approximate surface area is 231 Å². The van der Waals surface area contributed by atoms with Crippen LogP contribution in [0.4, 0.5) is 10.1 Å². The fourth-order valence-electron chi connectivity index (χ4n) is 5.09. The van der Waals surface area contributed by atoms with Crippen molar-refractivity contribution >= 4 is 17.2 Å². The first-order chi connectivity index (χ1) is 19.4. The molecule has 0 atom stereocenters. The average Bonchev–Trinajstić information content (AvgIpc) is 3.47. The SMILES string of the molecule is COCCN1CCN(c2cn3c(-c4cn(-c5cc(C(=O)NC6CC6)c(F)cc5C)nn4)cnc3cc2OC)CC1. The number of methoxy groups -OCH3 is 2. The van der Waals surface area contributed by atoms with E-state index in [9.17, 15) is 9.18 Å². The van der Waals surface area contributed by atoms with E-state index in [0.717, 1.165) is 75.0 Å². The van der Waals surface area contributed by atoms with Crippen LogP contribution < -0.4 is 15.0 Å². The lowest BCUT2D eigenvalue weighted by atomic mass is 10.1. The van der Waals surface area contributed by atoms with Crippen LogP contribution in [0.1, 0.15) is 28.8 Å². The van der Waals surface area contributed by atoms with Gasteiger partial charge in [0.05, 0.1) is 48.7 Å². The number of carbonyl (C=O) groups is 1. The number of fused-ring (bicyclic) bond motifs is 1. The van der Waals surface area contributed by atoms with Crippen molar-refractivity contribution in [2.45, 2.75) is 25.8 Å². The van der Waals surface area contributed by atoms with Gasteiger partial charge in [-0.2, -0.15) is 0 Å². The van der Waals surface area contributed by atoms with E-state index >= 15 is 0 Å². The molecule has 3 aromatic heterocycles. The second-order valence-corrected chi connectivity index (χ2v) is 10.3. The number of hydrogen-bond acceptors (Lipinski definition) is 8. The van der Waals surface area contributed by atoms with E-state index in [4.69, 9.17) is 9.47 Å².